The molecule has 0 amide bonds. The van der Waals surface area contributed by atoms with E-state index in [1.807, 2.05) is 47.4 Å². The Labute approximate surface area is 188 Å². The molecule has 0 atom stereocenters. The Balaban J connectivity index is 1.27. The molecule has 1 saturated carbocycles. The predicted molar refractivity (Wildman–Crippen MR) is 122 cm³/mol. The van der Waals surface area contributed by atoms with E-state index in [4.69, 9.17) is 0 Å². The van der Waals surface area contributed by atoms with Crippen molar-refractivity contribution in [3.8, 4) is 5.69 Å². The summed E-state index contributed by atoms with van der Waals surface area (Å²) in [5.74, 6) is 1.20. The van der Waals surface area contributed by atoms with Gasteiger partial charge in [0.25, 0.3) is 0 Å². The average molecular weight is 453 g/mol. The van der Waals surface area contributed by atoms with Gasteiger partial charge < -0.3 is 4.90 Å². The minimum absolute atomic E-state index is 0.375. The van der Waals surface area contributed by atoms with Crippen LogP contribution in [0.4, 0.5) is 5.95 Å². The van der Waals surface area contributed by atoms with Crippen LogP contribution in [-0.4, -0.2) is 59.1 Å². The first-order chi connectivity index (χ1) is 15.6. The molecule has 168 valence electrons. The highest BCUT2D eigenvalue weighted by Gasteiger charge is 2.30. The summed E-state index contributed by atoms with van der Waals surface area (Å²) >= 11 is 0. The molecular formula is C23H28N6O2S. The molecule has 3 aromatic rings. The lowest BCUT2D eigenvalue weighted by Crippen LogP contribution is -2.49. The Morgan fingerprint density at radius 2 is 1.50 bits per heavy atom. The van der Waals surface area contributed by atoms with Gasteiger partial charge in [0.2, 0.25) is 16.0 Å². The standard InChI is InChI=1S/C23H28N6O2S/c30-32(31,22-13-11-20(12-14-22)19-7-3-1-4-8-19)28-17-15-27(16-18-28)23-24-25-26-29(23)21-9-5-2-6-10-21/h2,5-6,9-14,19H,1,3-4,7-8,15-18H2. The fraction of sp³-hybridized carbons (Fsp3) is 0.435. The van der Waals surface area contributed by atoms with Crippen LogP contribution in [0.15, 0.2) is 59.5 Å². The zero-order valence-corrected chi connectivity index (χ0v) is 18.9. The Bertz CT molecular complexity index is 1130. The third-order valence-electron chi connectivity index (χ3n) is 6.57. The molecule has 0 spiro atoms. The van der Waals surface area contributed by atoms with Gasteiger partial charge in [0, 0.05) is 26.2 Å². The smallest absolute Gasteiger partial charge is 0.250 e. The van der Waals surface area contributed by atoms with E-state index >= 15 is 0 Å². The highest BCUT2D eigenvalue weighted by Crippen LogP contribution is 2.33. The van der Waals surface area contributed by atoms with E-state index in [-0.39, 0.29) is 0 Å². The third-order valence-corrected chi connectivity index (χ3v) is 8.48. The van der Waals surface area contributed by atoms with Crippen LogP contribution in [0.5, 0.6) is 0 Å². The van der Waals surface area contributed by atoms with Crippen LogP contribution in [0.2, 0.25) is 0 Å². The summed E-state index contributed by atoms with van der Waals surface area (Å²) < 4.78 is 29.7. The fourth-order valence-electron chi connectivity index (χ4n) is 4.74. The maximum atomic E-state index is 13.2. The third kappa shape index (κ3) is 4.14. The van der Waals surface area contributed by atoms with Crippen LogP contribution in [0.25, 0.3) is 5.69 Å². The zero-order chi connectivity index (χ0) is 22.0. The molecule has 8 nitrogen and oxygen atoms in total. The molecule has 2 aromatic carbocycles. The largest absolute Gasteiger partial charge is 0.337 e. The van der Waals surface area contributed by atoms with E-state index in [9.17, 15) is 8.42 Å². The highest BCUT2D eigenvalue weighted by molar-refractivity contribution is 7.89. The molecule has 2 heterocycles. The molecule has 0 bridgehead atoms. The van der Waals surface area contributed by atoms with Crippen molar-refractivity contribution < 1.29 is 8.42 Å². The second-order valence-electron chi connectivity index (χ2n) is 8.52. The second kappa shape index (κ2) is 8.99. The summed E-state index contributed by atoms with van der Waals surface area (Å²) in [6.45, 7) is 1.86. The van der Waals surface area contributed by atoms with Gasteiger partial charge in [-0.1, -0.05) is 54.7 Å². The molecule has 1 aromatic heterocycles. The average Bonchev–Trinajstić information content (AvgIpc) is 3.35. The number of sulfonamides is 1. The van der Waals surface area contributed by atoms with Gasteiger partial charge in [-0.25, -0.2) is 8.42 Å². The van der Waals surface area contributed by atoms with E-state index < -0.39 is 10.0 Å². The number of benzene rings is 2. The molecule has 1 saturated heterocycles. The molecule has 9 heteroatoms. The van der Waals surface area contributed by atoms with Gasteiger partial charge in [-0.15, -0.1) is 0 Å². The zero-order valence-electron chi connectivity index (χ0n) is 18.0. The van der Waals surface area contributed by atoms with Crippen molar-refractivity contribution in [2.45, 2.75) is 42.9 Å². The molecule has 0 unspecified atom stereocenters. The van der Waals surface area contributed by atoms with Crippen molar-refractivity contribution in [2.75, 3.05) is 31.1 Å². The highest BCUT2D eigenvalue weighted by atomic mass is 32.2. The number of aromatic nitrogens is 4. The molecule has 2 fully saturated rings. The van der Waals surface area contributed by atoms with Gasteiger partial charge in [0.15, 0.2) is 0 Å². The van der Waals surface area contributed by atoms with Gasteiger partial charge in [0.05, 0.1) is 10.6 Å². The van der Waals surface area contributed by atoms with Crippen LogP contribution in [0.1, 0.15) is 43.6 Å². The van der Waals surface area contributed by atoms with Crippen molar-refractivity contribution >= 4 is 16.0 Å². The summed E-state index contributed by atoms with van der Waals surface area (Å²) in [5, 5.41) is 12.1. The SMILES string of the molecule is O=S(=O)(c1ccc(C2CCCCC2)cc1)N1CCN(c2nnnn2-c2ccccc2)CC1. The molecule has 5 rings (SSSR count). The lowest BCUT2D eigenvalue weighted by molar-refractivity contribution is 0.381. The van der Waals surface area contributed by atoms with Gasteiger partial charge in [-0.3, -0.25) is 0 Å². The van der Waals surface area contributed by atoms with Crippen LogP contribution >= 0.6 is 0 Å². The lowest BCUT2D eigenvalue weighted by Gasteiger charge is -2.34. The van der Waals surface area contributed by atoms with E-state index in [0.29, 0.717) is 42.9 Å². The maximum Gasteiger partial charge on any atom is 0.250 e. The lowest BCUT2D eigenvalue weighted by atomic mass is 9.84. The molecule has 1 aliphatic carbocycles. The quantitative estimate of drug-likeness (QED) is 0.591. The number of piperazine rings is 1. The second-order valence-corrected chi connectivity index (χ2v) is 10.5. The van der Waals surface area contributed by atoms with Crippen molar-refractivity contribution in [3.05, 3.63) is 60.2 Å². The van der Waals surface area contributed by atoms with Crippen molar-refractivity contribution in [2.24, 2.45) is 0 Å². The first kappa shape index (κ1) is 21.1. The van der Waals surface area contributed by atoms with Crippen LogP contribution in [0.3, 0.4) is 0 Å². The van der Waals surface area contributed by atoms with Crippen LogP contribution < -0.4 is 4.90 Å². The van der Waals surface area contributed by atoms with Crippen molar-refractivity contribution in [1.82, 2.24) is 24.5 Å². The summed E-state index contributed by atoms with van der Waals surface area (Å²) in [4.78, 5) is 2.41. The normalized spacial score (nSPS) is 18.7. The van der Waals surface area contributed by atoms with Crippen molar-refractivity contribution in [1.29, 1.82) is 0 Å². The molecule has 0 N–H and O–H groups in total. The van der Waals surface area contributed by atoms with Gasteiger partial charge in [-0.2, -0.15) is 8.99 Å². The summed E-state index contributed by atoms with van der Waals surface area (Å²) in [5.41, 5.74) is 2.14. The predicted octanol–water partition coefficient (Wildman–Crippen LogP) is 3.22. The Morgan fingerprint density at radius 3 is 2.19 bits per heavy atom. The molecule has 2 aliphatic rings. The first-order valence-electron chi connectivity index (χ1n) is 11.3. The number of para-hydroxylation sites is 1. The van der Waals surface area contributed by atoms with Crippen LogP contribution in [0, 0.1) is 0 Å². The summed E-state index contributed by atoms with van der Waals surface area (Å²) in [7, 11) is -3.52. The van der Waals surface area contributed by atoms with E-state index in [0.717, 1.165) is 5.69 Å². The Morgan fingerprint density at radius 1 is 0.812 bits per heavy atom. The van der Waals surface area contributed by atoms with E-state index in [2.05, 4.69) is 15.5 Å². The maximum absolute atomic E-state index is 13.2. The van der Waals surface area contributed by atoms with Gasteiger partial charge in [-0.05, 0) is 59.0 Å². The number of nitrogens with zero attached hydrogens (tertiary/aromatic N) is 6. The molecule has 1 aliphatic heterocycles. The number of rotatable bonds is 5. The van der Waals surface area contributed by atoms with Gasteiger partial charge >= 0.3 is 0 Å². The minimum Gasteiger partial charge on any atom is -0.337 e. The fourth-order valence-corrected chi connectivity index (χ4v) is 6.16. The molecule has 32 heavy (non-hydrogen) atoms. The summed E-state index contributed by atoms with van der Waals surface area (Å²) in [6.07, 6.45) is 6.25. The van der Waals surface area contributed by atoms with Crippen molar-refractivity contribution in [3.63, 3.8) is 0 Å². The van der Waals surface area contributed by atoms with E-state index in [1.165, 1.54) is 37.7 Å². The molecule has 0 radical (unpaired) electrons. The monoisotopic (exact) mass is 452 g/mol. The Hall–Kier alpha value is -2.78. The van der Waals surface area contributed by atoms with Crippen LogP contribution in [-0.2, 0) is 10.0 Å². The first-order valence-corrected chi connectivity index (χ1v) is 12.8. The van der Waals surface area contributed by atoms with E-state index in [1.54, 1.807) is 21.1 Å². The topological polar surface area (TPSA) is 84.2 Å². The Kier molecular flexibility index (Phi) is 5.93. The molecular weight excluding hydrogens is 424 g/mol. The number of anilines is 1. The number of tetrazole rings is 1. The number of hydrogen-bond acceptors (Lipinski definition) is 6. The minimum atomic E-state index is -3.52. The van der Waals surface area contributed by atoms with Gasteiger partial charge in [0.1, 0.15) is 0 Å². The summed E-state index contributed by atoms with van der Waals surface area (Å²) in [6, 6.07) is 17.3. The number of hydrogen-bond donors (Lipinski definition) is 0.